The molecule has 37 heavy (non-hydrogen) atoms. The topological polar surface area (TPSA) is 87.4 Å². The van der Waals surface area contributed by atoms with Crippen LogP contribution in [0.1, 0.15) is 45.7 Å². The minimum absolute atomic E-state index is 0.00547. The molecule has 0 spiro atoms. The highest BCUT2D eigenvalue weighted by atomic mass is 16.5. The molecule has 2 aromatic carbocycles. The number of amides is 2. The van der Waals surface area contributed by atoms with E-state index in [0.717, 1.165) is 34.0 Å². The van der Waals surface area contributed by atoms with Crippen LogP contribution in [-0.2, 0) is 4.79 Å². The Morgan fingerprint density at radius 1 is 1.05 bits per heavy atom. The molecule has 1 aliphatic rings. The predicted molar refractivity (Wildman–Crippen MR) is 144 cm³/mol. The van der Waals surface area contributed by atoms with E-state index in [4.69, 9.17) is 4.74 Å². The maximum Gasteiger partial charge on any atom is 0.264 e. The third-order valence-corrected chi connectivity index (χ3v) is 6.96. The van der Waals surface area contributed by atoms with Gasteiger partial charge in [0.2, 0.25) is 0 Å². The highest BCUT2D eigenvalue weighted by Crippen LogP contribution is 2.25. The number of likely N-dealkylation sites (tertiary alicyclic amines) is 1. The summed E-state index contributed by atoms with van der Waals surface area (Å²) in [6.45, 7) is 6.87. The molecule has 7 nitrogen and oxygen atoms in total. The third-order valence-electron chi connectivity index (χ3n) is 6.96. The highest BCUT2D eigenvalue weighted by Gasteiger charge is 2.26. The highest BCUT2D eigenvalue weighted by molar-refractivity contribution is 6.02. The quantitative estimate of drug-likeness (QED) is 0.395. The molecule has 0 atom stereocenters. The van der Waals surface area contributed by atoms with E-state index >= 15 is 0 Å². The number of hydrogen-bond donors (Lipinski definition) is 1. The Kier molecular flexibility index (Phi) is 7.78. The number of methoxy groups -OCH3 is 1. The van der Waals surface area contributed by atoms with Gasteiger partial charge in [-0.15, -0.1) is 0 Å². The Morgan fingerprint density at radius 3 is 2.35 bits per heavy atom. The van der Waals surface area contributed by atoms with Crippen molar-refractivity contribution in [1.29, 1.82) is 5.26 Å². The fourth-order valence-electron chi connectivity index (χ4n) is 4.85. The molecule has 1 saturated heterocycles. The fraction of sp³-hybridized carbons (Fsp3) is 0.300. The van der Waals surface area contributed by atoms with Crippen LogP contribution in [0.5, 0.6) is 5.75 Å². The van der Waals surface area contributed by atoms with Crippen molar-refractivity contribution in [3.63, 3.8) is 0 Å². The van der Waals surface area contributed by atoms with Crippen molar-refractivity contribution in [2.45, 2.75) is 39.7 Å². The Labute approximate surface area is 218 Å². The average molecular weight is 497 g/mol. The molecule has 2 heterocycles. The van der Waals surface area contributed by atoms with E-state index in [2.05, 4.69) is 16.0 Å². The summed E-state index contributed by atoms with van der Waals surface area (Å²) < 4.78 is 7.35. The monoisotopic (exact) mass is 496 g/mol. The molecule has 1 aromatic heterocycles. The van der Waals surface area contributed by atoms with E-state index in [1.807, 2.05) is 75.4 Å². The lowest BCUT2D eigenvalue weighted by atomic mass is 10.0. The summed E-state index contributed by atoms with van der Waals surface area (Å²) in [6, 6.07) is 19.3. The van der Waals surface area contributed by atoms with Crippen LogP contribution in [0.4, 0.5) is 0 Å². The van der Waals surface area contributed by atoms with Gasteiger partial charge in [-0.3, -0.25) is 9.59 Å². The van der Waals surface area contributed by atoms with Gasteiger partial charge in [-0.25, -0.2) is 0 Å². The maximum absolute atomic E-state index is 13.2. The summed E-state index contributed by atoms with van der Waals surface area (Å²) in [5.74, 6) is 0.412. The number of piperidine rings is 1. The minimum Gasteiger partial charge on any atom is -0.497 e. The Morgan fingerprint density at radius 2 is 1.73 bits per heavy atom. The van der Waals surface area contributed by atoms with Crippen LogP contribution in [0.3, 0.4) is 0 Å². The Bertz CT molecular complexity index is 1370. The van der Waals surface area contributed by atoms with Gasteiger partial charge in [0, 0.05) is 41.8 Å². The molecular formula is C30H32N4O3. The Balaban J connectivity index is 1.44. The van der Waals surface area contributed by atoms with E-state index in [0.29, 0.717) is 31.5 Å². The van der Waals surface area contributed by atoms with E-state index in [-0.39, 0.29) is 23.4 Å². The smallest absolute Gasteiger partial charge is 0.264 e. The molecule has 1 N–H and O–H groups in total. The number of nitriles is 1. The lowest BCUT2D eigenvalue weighted by Gasteiger charge is -2.32. The van der Waals surface area contributed by atoms with Crippen molar-refractivity contribution < 1.29 is 14.3 Å². The van der Waals surface area contributed by atoms with Gasteiger partial charge in [0.05, 0.1) is 7.11 Å². The standard InChI is InChI=1S/C30H32N4O3/c1-20-7-5-6-8-28(20)29(35)32-25-13-15-33(16-14-25)30(36)24(19-31)18-23-17-21(2)34(22(23)3)26-9-11-27(37-4)12-10-26/h5-12,17-18,25H,13-16H2,1-4H3,(H,32,35)/b24-18+. The van der Waals surface area contributed by atoms with Crippen molar-refractivity contribution in [2.24, 2.45) is 0 Å². The number of aryl methyl sites for hydroxylation is 2. The zero-order chi connectivity index (χ0) is 26.5. The first-order chi connectivity index (χ1) is 17.8. The lowest BCUT2D eigenvalue weighted by Crippen LogP contribution is -2.46. The van der Waals surface area contributed by atoms with Crippen molar-refractivity contribution in [3.05, 3.63) is 88.2 Å². The molecule has 1 aliphatic heterocycles. The number of carbonyl (C=O) groups excluding carboxylic acids is 2. The number of benzene rings is 2. The van der Waals surface area contributed by atoms with Crippen LogP contribution in [0.2, 0.25) is 0 Å². The number of hydrogen-bond acceptors (Lipinski definition) is 4. The van der Waals surface area contributed by atoms with Gasteiger partial charge in [-0.2, -0.15) is 5.26 Å². The average Bonchev–Trinajstić information content (AvgIpc) is 3.19. The first kappa shape index (κ1) is 25.8. The number of rotatable bonds is 6. The van der Waals surface area contributed by atoms with Crippen molar-refractivity contribution in [3.8, 4) is 17.5 Å². The molecule has 2 amide bonds. The molecule has 1 fully saturated rings. The van der Waals surface area contributed by atoms with Crippen LogP contribution in [0, 0.1) is 32.1 Å². The largest absolute Gasteiger partial charge is 0.497 e. The van der Waals surface area contributed by atoms with E-state index in [9.17, 15) is 14.9 Å². The van der Waals surface area contributed by atoms with Gasteiger partial charge in [-0.1, -0.05) is 18.2 Å². The van der Waals surface area contributed by atoms with E-state index in [1.54, 1.807) is 18.1 Å². The third kappa shape index (κ3) is 5.59. The minimum atomic E-state index is -0.277. The van der Waals surface area contributed by atoms with Gasteiger partial charge >= 0.3 is 0 Å². The number of ether oxygens (including phenoxy) is 1. The molecule has 0 aliphatic carbocycles. The van der Waals surface area contributed by atoms with Crippen LogP contribution >= 0.6 is 0 Å². The summed E-state index contributed by atoms with van der Waals surface area (Å²) >= 11 is 0. The van der Waals surface area contributed by atoms with Crippen LogP contribution < -0.4 is 10.1 Å². The molecule has 190 valence electrons. The van der Waals surface area contributed by atoms with Crippen LogP contribution in [-0.4, -0.2) is 47.5 Å². The van der Waals surface area contributed by atoms with Crippen molar-refractivity contribution >= 4 is 17.9 Å². The molecule has 7 heteroatoms. The molecule has 0 saturated carbocycles. The summed E-state index contributed by atoms with van der Waals surface area (Å²) in [5.41, 5.74) is 5.47. The predicted octanol–water partition coefficient (Wildman–Crippen LogP) is 4.74. The molecule has 0 radical (unpaired) electrons. The summed E-state index contributed by atoms with van der Waals surface area (Å²) in [5, 5.41) is 12.9. The Hall–Kier alpha value is -4.31. The van der Waals surface area contributed by atoms with Gasteiger partial charge < -0.3 is 19.5 Å². The number of nitrogens with zero attached hydrogens (tertiary/aromatic N) is 3. The number of nitrogens with one attached hydrogen (secondary N) is 1. The summed E-state index contributed by atoms with van der Waals surface area (Å²) in [7, 11) is 1.63. The van der Waals surface area contributed by atoms with E-state index in [1.165, 1.54) is 0 Å². The SMILES string of the molecule is COc1ccc(-n2c(C)cc(/C=C(\C#N)C(=O)N3CCC(NC(=O)c4ccccc4C)CC3)c2C)cc1. The van der Waals surface area contributed by atoms with E-state index < -0.39 is 0 Å². The molecule has 3 aromatic rings. The zero-order valence-electron chi connectivity index (χ0n) is 21.7. The molecule has 0 bridgehead atoms. The maximum atomic E-state index is 13.2. The van der Waals surface area contributed by atoms with Gasteiger partial charge in [0.15, 0.2) is 0 Å². The molecule has 0 unspecified atom stereocenters. The normalized spacial score (nSPS) is 14.2. The lowest BCUT2D eigenvalue weighted by molar-refractivity contribution is -0.127. The number of carbonyl (C=O) groups is 2. The second-order valence-electron chi connectivity index (χ2n) is 9.38. The zero-order valence-corrected chi connectivity index (χ0v) is 21.7. The van der Waals surface area contributed by atoms with Gasteiger partial charge in [0.1, 0.15) is 17.4 Å². The van der Waals surface area contributed by atoms with Crippen LogP contribution in [0.25, 0.3) is 11.8 Å². The first-order valence-electron chi connectivity index (χ1n) is 12.4. The summed E-state index contributed by atoms with van der Waals surface area (Å²) in [6.07, 6.45) is 2.97. The summed E-state index contributed by atoms with van der Waals surface area (Å²) in [4.78, 5) is 27.6. The van der Waals surface area contributed by atoms with Crippen LogP contribution in [0.15, 0.2) is 60.2 Å². The molecular weight excluding hydrogens is 464 g/mol. The first-order valence-corrected chi connectivity index (χ1v) is 12.4. The second-order valence-corrected chi connectivity index (χ2v) is 9.38. The second kappa shape index (κ2) is 11.2. The van der Waals surface area contributed by atoms with Gasteiger partial charge in [-0.05, 0) is 87.2 Å². The fourth-order valence-corrected chi connectivity index (χ4v) is 4.85. The number of aromatic nitrogens is 1. The van der Waals surface area contributed by atoms with Crippen molar-refractivity contribution in [2.75, 3.05) is 20.2 Å². The molecule has 4 rings (SSSR count). The van der Waals surface area contributed by atoms with Gasteiger partial charge in [0.25, 0.3) is 11.8 Å². The van der Waals surface area contributed by atoms with Crippen molar-refractivity contribution in [1.82, 2.24) is 14.8 Å².